The van der Waals surface area contributed by atoms with Gasteiger partial charge in [0.2, 0.25) is 0 Å². The molecule has 0 saturated heterocycles. The highest BCUT2D eigenvalue weighted by Gasteiger charge is 2.40. The molecule has 1 aromatic carbocycles. The summed E-state index contributed by atoms with van der Waals surface area (Å²) >= 11 is 0. The van der Waals surface area contributed by atoms with Gasteiger partial charge in [0.1, 0.15) is 5.82 Å². The SMILES string of the molecule is CN=C(NCC1CC1)NC1CC1c1ccccc1F. The van der Waals surface area contributed by atoms with Crippen molar-refractivity contribution < 1.29 is 4.39 Å². The van der Waals surface area contributed by atoms with Crippen molar-refractivity contribution in [2.24, 2.45) is 10.9 Å². The van der Waals surface area contributed by atoms with Crippen molar-refractivity contribution in [3.05, 3.63) is 35.6 Å². The van der Waals surface area contributed by atoms with E-state index in [-0.39, 0.29) is 11.7 Å². The van der Waals surface area contributed by atoms with Crippen LogP contribution in [0.2, 0.25) is 0 Å². The zero-order chi connectivity index (χ0) is 13.2. The van der Waals surface area contributed by atoms with E-state index in [2.05, 4.69) is 15.6 Å². The van der Waals surface area contributed by atoms with Crippen LogP contribution in [0.25, 0.3) is 0 Å². The summed E-state index contributed by atoms with van der Waals surface area (Å²) in [5.74, 6) is 1.84. The quantitative estimate of drug-likeness (QED) is 0.644. The molecule has 2 atom stereocenters. The van der Waals surface area contributed by atoms with Crippen LogP contribution in [-0.2, 0) is 0 Å². The molecule has 0 heterocycles. The van der Waals surface area contributed by atoms with Gasteiger partial charge in [-0.25, -0.2) is 4.39 Å². The third-order valence-corrected chi connectivity index (χ3v) is 3.90. The number of rotatable bonds is 4. The Bertz CT molecular complexity index is 482. The van der Waals surface area contributed by atoms with Crippen molar-refractivity contribution in [3.8, 4) is 0 Å². The fourth-order valence-corrected chi connectivity index (χ4v) is 2.41. The fraction of sp³-hybridized carbons (Fsp3) is 0.533. The van der Waals surface area contributed by atoms with Gasteiger partial charge in [0.25, 0.3) is 0 Å². The van der Waals surface area contributed by atoms with Crippen molar-refractivity contribution in [3.63, 3.8) is 0 Å². The molecule has 2 N–H and O–H groups in total. The monoisotopic (exact) mass is 261 g/mol. The Balaban J connectivity index is 1.53. The number of benzene rings is 1. The molecule has 0 bridgehead atoms. The average Bonchev–Trinajstić information content (AvgIpc) is 3.31. The number of halogens is 1. The minimum Gasteiger partial charge on any atom is -0.356 e. The van der Waals surface area contributed by atoms with Crippen LogP contribution in [0.15, 0.2) is 29.3 Å². The van der Waals surface area contributed by atoms with Crippen LogP contribution in [0.3, 0.4) is 0 Å². The summed E-state index contributed by atoms with van der Waals surface area (Å²) in [6.07, 6.45) is 3.63. The molecule has 2 fully saturated rings. The molecule has 0 aromatic heterocycles. The Labute approximate surface area is 113 Å². The number of hydrogen-bond donors (Lipinski definition) is 2. The molecule has 0 aliphatic heterocycles. The standard InChI is InChI=1S/C15H20FN3/c1-17-15(18-9-10-6-7-10)19-14-8-12(14)11-4-2-3-5-13(11)16/h2-5,10,12,14H,6-9H2,1H3,(H2,17,18,19). The van der Waals surface area contributed by atoms with Gasteiger partial charge in [0.15, 0.2) is 5.96 Å². The maximum atomic E-state index is 13.7. The lowest BCUT2D eigenvalue weighted by molar-refractivity contribution is 0.607. The van der Waals surface area contributed by atoms with E-state index in [0.717, 1.165) is 30.4 Å². The van der Waals surface area contributed by atoms with E-state index >= 15 is 0 Å². The average molecular weight is 261 g/mol. The third kappa shape index (κ3) is 3.06. The lowest BCUT2D eigenvalue weighted by Crippen LogP contribution is -2.39. The highest BCUT2D eigenvalue weighted by molar-refractivity contribution is 5.80. The molecule has 1 aromatic rings. The molecular weight excluding hydrogens is 241 g/mol. The lowest BCUT2D eigenvalue weighted by atomic mass is 10.1. The van der Waals surface area contributed by atoms with Gasteiger partial charge in [-0.2, -0.15) is 0 Å². The first-order chi connectivity index (χ1) is 9.28. The van der Waals surface area contributed by atoms with Crippen molar-refractivity contribution >= 4 is 5.96 Å². The van der Waals surface area contributed by atoms with E-state index in [9.17, 15) is 4.39 Å². The smallest absolute Gasteiger partial charge is 0.191 e. The molecule has 3 nitrogen and oxygen atoms in total. The van der Waals surface area contributed by atoms with Crippen LogP contribution in [-0.4, -0.2) is 25.6 Å². The topological polar surface area (TPSA) is 36.4 Å². The molecular formula is C15H20FN3. The van der Waals surface area contributed by atoms with E-state index in [1.54, 1.807) is 13.1 Å². The molecule has 0 radical (unpaired) electrons. The summed E-state index contributed by atoms with van der Waals surface area (Å²) in [6.45, 7) is 0.997. The first-order valence-corrected chi connectivity index (χ1v) is 6.99. The van der Waals surface area contributed by atoms with E-state index in [4.69, 9.17) is 0 Å². The summed E-state index contributed by atoms with van der Waals surface area (Å²) in [6, 6.07) is 7.35. The van der Waals surface area contributed by atoms with Crippen LogP contribution in [0.5, 0.6) is 0 Å². The van der Waals surface area contributed by atoms with Gasteiger partial charge in [-0.05, 0) is 36.8 Å². The fourth-order valence-electron chi connectivity index (χ4n) is 2.41. The lowest BCUT2D eigenvalue weighted by Gasteiger charge is -2.11. The molecule has 2 saturated carbocycles. The molecule has 0 amide bonds. The van der Waals surface area contributed by atoms with Gasteiger partial charge in [-0.1, -0.05) is 18.2 Å². The minimum atomic E-state index is -0.0993. The van der Waals surface area contributed by atoms with Crippen molar-refractivity contribution in [2.75, 3.05) is 13.6 Å². The molecule has 4 heteroatoms. The van der Waals surface area contributed by atoms with Gasteiger partial charge < -0.3 is 10.6 Å². The van der Waals surface area contributed by atoms with Crippen LogP contribution in [0.4, 0.5) is 4.39 Å². The van der Waals surface area contributed by atoms with Crippen LogP contribution in [0.1, 0.15) is 30.7 Å². The predicted octanol–water partition coefficient (Wildman–Crippen LogP) is 2.26. The van der Waals surface area contributed by atoms with E-state index in [1.165, 1.54) is 18.9 Å². The Morgan fingerprint density at radius 2 is 2.16 bits per heavy atom. The third-order valence-electron chi connectivity index (χ3n) is 3.90. The second kappa shape index (κ2) is 5.19. The largest absolute Gasteiger partial charge is 0.356 e. The van der Waals surface area contributed by atoms with E-state index in [0.29, 0.717) is 6.04 Å². The first-order valence-electron chi connectivity index (χ1n) is 6.99. The zero-order valence-electron chi connectivity index (χ0n) is 11.2. The van der Waals surface area contributed by atoms with E-state index in [1.807, 2.05) is 12.1 Å². The maximum Gasteiger partial charge on any atom is 0.191 e. The number of guanidine groups is 1. The van der Waals surface area contributed by atoms with Crippen LogP contribution < -0.4 is 10.6 Å². The van der Waals surface area contributed by atoms with E-state index < -0.39 is 0 Å². The highest BCUT2D eigenvalue weighted by Crippen LogP contribution is 2.41. The number of nitrogens with one attached hydrogen (secondary N) is 2. The van der Waals surface area contributed by atoms with Gasteiger partial charge in [-0.3, -0.25) is 4.99 Å². The Kier molecular flexibility index (Phi) is 3.40. The summed E-state index contributed by atoms with van der Waals surface area (Å²) in [4.78, 5) is 4.22. The number of aliphatic imine (C=N–C) groups is 1. The zero-order valence-corrected chi connectivity index (χ0v) is 11.2. The van der Waals surface area contributed by atoms with Crippen LogP contribution in [0, 0.1) is 11.7 Å². The van der Waals surface area contributed by atoms with Gasteiger partial charge in [-0.15, -0.1) is 0 Å². The molecule has 3 rings (SSSR count). The first kappa shape index (κ1) is 12.5. The molecule has 102 valence electrons. The van der Waals surface area contributed by atoms with Gasteiger partial charge in [0.05, 0.1) is 0 Å². The van der Waals surface area contributed by atoms with Crippen molar-refractivity contribution in [2.45, 2.75) is 31.2 Å². The molecule has 2 unspecified atom stereocenters. The van der Waals surface area contributed by atoms with Crippen molar-refractivity contribution in [1.29, 1.82) is 0 Å². The minimum absolute atomic E-state index is 0.0993. The molecule has 19 heavy (non-hydrogen) atoms. The second-order valence-electron chi connectivity index (χ2n) is 5.51. The predicted molar refractivity (Wildman–Crippen MR) is 74.8 cm³/mol. The summed E-state index contributed by atoms with van der Waals surface area (Å²) in [7, 11) is 1.78. The Hall–Kier alpha value is -1.58. The Morgan fingerprint density at radius 3 is 2.84 bits per heavy atom. The normalized spacial score (nSPS) is 26.1. The molecule has 2 aliphatic rings. The summed E-state index contributed by atoms with van der Waals surface area (Å²) in [5.41, 5.74) is 0.817. The second-order valence-corrected chi connectivity index (χ2v) is 5.51. The molecule has 0 spiro atoms. The Morgan fingerprint density at radius 1 is 1.37 bits per heavy atom. The number of nitrogens with zero attached hydrogens (tertiary/aromatic N) is 1. The summed E-state index contributed by atoms with van der Waals surface area (Å²) < 4.78 is 13.7. The van der Waals surface area contributed by atoms with Crippen LogP contribution >= 0.6 is 0 Å². The number of hydrogen-bond acceptors (Lipinski definition) is 1. The van der Waals surface area contributed by atoms with Gasteiger partial charge in [0, 0.05) is 25.6 Å². The van der Waals surface area contributed by atoms with Crippen molar-refractivity contribution in [1.82, 2.24) is 10.6 Å². The van der Waals surface area contributed by atoms with Gasteiger partial charge >= 0.3 is 0 Å². The highest BCUT2D eigenvalue weighted by atomic mass is 19.1. The maximum absolute atomic E-state index is 13.7. The summed E-state index contributed by atoms with van der Waals surface area (Å²) in [5, 5.41) is 6.71. The molecule has 2 aliphatic carbocycles.